The van der Waals surface area contributed by atoms with E-state index in [2.05, 4.69) is 24.7 Å². The fourth-order valence-electron chi connectivity index (χ4n) is 5.38. The summed E-state index contributed by atoms with van der Waals surface area (Å²) < 4.78 is 57.8. The van der Waals surface area contributed by atoms with Crippen LogP contribution in [0, 0.1) is 0 Å². The molecular formula is C29H30ClF2N7O5S. The van der Waals surface area contributed by atoms with E-state index in [0.29, 0.717) is 43.6 Å². The number of nitrogens with one attached hydrogen (secondary N) is 2. The molecule has 45 heavy (non-hydrogen) atoms. The fourth-order valence-corrected chi connectivity index (χ4v) is 6.57. The molecule has 2 fully saturated rings. The molecule has 2 saturated heterocycles. The van der Waals surface area contributed by atoms with Gasteiger partial charge in [-0.15, -0.1) is 0 Å². The van der Waals surface area contributed by atoms with Crippen LogP contribution in [-0.4, -0.2) is 60.2 Å². The van der Waals surface area contributed by atoms with Crippen LogP contribution in [-0.2, 0) is 16.6 Å². The SMILES string of the molecule is Nc1nc(N)c(C(=O)/C=C2\CCC3(CCN(C(=O)c4cccc(S(=O)(=O)NCc5cccc(OC(F)F)c5)c4)CC3)N2)nc1Cl. The Morgan fingerprint density at radius 3 is 2.56 bits per heavy atom. The second-order valence-corrected chi connectivity index (χ2v) is 12.9. The third-order valence-electron chi connectivity index (χ3n) is 7.73. The highest BCUT2D eigenvalue weighted by atomic mass is 35.5. The maximum atomic E-state index is 13.4. The van der Waals surface area contributed by atoms with Gasteiger partial charge in [-0.05, 0) is 61.6 Å². The van der Waals surface area contributed by atoms with Crippen molar-refractivity contribution in [2.24, 2.45) is 0 Å². The number of amides is 1. The summed E-state index contributed by atoms with van der Waals surface area (Å²) in [5, 5.41) is 3.34. The van der Waals surface area contributed by atoms with Crippen molar-refractivity contribution in [2.75, 3.05) is 24.6 Å². The lowest BCUT2D eigenvalue weighted by atomic mass is 9.86. The van der Waals surface area contributed by atoms with Gasteiger partial charge in [0.05, 0.1) is 4.90 Å². The van der Waals surface area contributed by atoms with Crippen molar-refractivity contribution in [3.63, 3.8) is 0 Å². The van der Waals surface area contributed by atoms with Gasteiger partial charge >= 0.3 is 6.61 Å². The summed E-state index contributed by atoms with van der Waals surface area (Å²) in [6.07, 6.45) is 4.04. The molecule has 3 heterocycles. The monoisotopic (exact) mass is 661 g/mol. The van der Waals surface area contributed by atoms with Gasteiger partial charge in [0.15, 0.2) is 22.5 Å². The molecule has 0 saturated carbocycles. The van der Waals surface area contributed by atoms with Crippen molar-refractivity contribution in [3.05, 3.63) is 82.3 Å². The normalized spacial score (nSPS) is 17.1. The number of aromatic nitrogens is 2. The molecule has 12 nitrogen and oxygen atoms in total. The van der Waals surface area contributed by atoms with Crippen molar-refractivity contribution in [1.82, 2.24) is 24.9 Å². The zero-order valence-corrected chi connectivity index (χ0v) is 25.4. The lowest BCUT2D eigenvalue weighted by Crippen LogP contribution is -2.51. The summed E-state index contributed by atoms with van der Waals surface area (Å²) in [5.74, 6) is -1.02. The van der Waals surface area contributed by atoms with E-state index in [9.17, 15) is 26.8 Å². The number of piperidine rings is 1. The van der Waals surface area contributed by atoms with E-state index in [1.165, 1.54) is 42.5 Å². The highest BCUT2D eigenvalue weighted by Gasteiger charge is 2.40. The van der Waals surface area contributed by atoms with Crippen molar-refractivity contribution in [3.8, 4) is 5.75 Å². The smallest absolute Gasteiger partial charge is 0.387 e. The predicted molar refractivity (Wildman–Crippen MR) is 162 cm³/mol. The van der Waals surface area contributed by atoms with Gasteiger partial charge in [-0.2, -0.15) is 8.78 Å². The second kappa shape index (κ2) is 12.9. The van der Waals surface area contributed by atoms with Crippen molar-refractivity contribution < 1.29 is 31.5 Å². The predicted octanol–water partition coefficient (Wildman–Crippen LogP) is 3.50. The number of ketones is 1. The van der Waals surface area contributed by atoms with Gasteiger partial charge in [-0.25, -0.2) is 23.1 Å². The average Bonchev–Trinajstić information content (AvgIpc) is 3.39. The lowest BCUT2D eigenvalue weighted by Gasteiger charge is -2.39. The molecule has 1 amide bonds. The number of nitrogen functional groups attached to an aromatic ring is 2. The van der Waals surface area contributed by atoms with Crippen molar-refractivity contribution in [1.29, 1.82) is 0 Å². The van der Waals surface area contributed by atoms with Gasteiger partial charge in [-0.3, -0.25) is 9.59 Å². The molecule has 3 aromatic rings. The van der Waals surface area contributed by atoms with E-state index in [1.807, 2.05) is 0 Å². The number of likely N-dealkylation sites (tertiary alicyclic amines) is 1. The number of sulfonamides is 1. The standard InChI is InChI=1S/C29H30ClF2N7O5S/c30-24-26(34)37-25(33)23(36-24)22(40)15-19-7-8-29(38-19)9-11-39(12-10-29)27(41)18-4-2-6-21(14-18)45(42,43)35-16-17-3-1-5-20(13-17)44-28(31)32/h1-6,13-15,28,35,38H,7-12,16H2,(H4,33,34,37)/b19-15+. The Hall–Kier alpha value is -4.34. The van der Waals surface area contributed by atoms with Crippen LogP contribution in [0.1, 0.15) is 52.1 Å². The molecule has 2 aliphatic heterocycles. The van der Waals surface area contributed by atoms with E-state index in [0.717, 1.165) is 6.42 Å². The first-order valence-corrected chi connectivity index (χ1v) is 15.7. The number of carbonyl (C=O) groups is 2. The first kappa shape index (κ1) is 32.1. The molecule has 2 aromatic carbocycles. The molecule has 5 rings (SSSR count). The number of halogens is 3. The van der Waals surface area contributed by atoms with E-state index in [1.54, 1.807) is 17.0 Å². The van der Waals surface area contributed by atoms with Gasteiger partial charge in [0.1, 0.15) is 5.75 Å². The minimum absolute atomic E-state index is 0.0635. The average molecular weight is 662 g/mol. The third-order valence-corrected chi connectivity index (χ3v) is 9.41. The topological polar surface area (TPSA) is 183 Å². The Labute approximate surface area is 262 Å². The van der Waals surface area contributed by atoms with Gasteiger partial charge in [0.2, 0.25) is 15.8 Å². The number of ether oxygens (including phenoxy) is 1. The summed E-state index contributed by atoms with van der Waals surface area (Å²) >= 11 is 5.90. The Morgan fingerprint density at radius 1 is 1.09 bits per heavy atom. The molecule has 1 spiro atoms. The zero-order chi connectivity index (χ0) is 32.4. The van der Waals surface area contributed by atoms with Crippen LogP contribution < -0.4 is 26.2 Å². The number of alkyl halides is 2. The summed E-state index contributed by atoms with van der Waals surface area (Å²) in [6.45, 7) is -2.32. The summed E-state index contributed by atoms with van der Waals surface area (Å²) in [7, 11) is -4.03. The summed E-state index contributed by atoms with van der Waals surface area (Å²) in [4.78, 5) is 35.5. The van der Waals surface area contributed by atoms with E-state index in [4.69, 9.17) is 23.1 Å². The van der Waals surface area contributed by atoms with E-state index < -0.39 is 22.4 Å². The van der Waals surface area contributed by atoms with Crippen LogP contribution in [0.3, 0.4) is 0 Å². The molecule has 2 aliphatic rings. The maximum absolute atomic E-state index is 13.4. The molecule has 16 heteroatoms. The van der Waals surface area contributed by atoms with Crippen LogP contribution in [0.25, 0.3) is 0 Å². The molecule has 0 aliphatic carbocycles. The Balaban J connectivity index is 1.19. The maximum Gasteiger partial charge on any atom is 0.387 e. The van der Waals surface area contributed by atoms with Crippen LogP contribution in [0.4, 0.5) is 20.4 Å². The molecule has 0 unspecified atom stereocenters. The summed E-state index contributed by atoms with van der Waals surface area (Å²) in [6, 6.07) is 11.4. The van der Waals surface area contributed by atoms with Crippen LogP contribution >= 0.6 is 11.6 Å². The van der Waals surface area contributed by atoms with E-state index in [-0.39, 0.29) is 56.7 Å². The molecule has 1 aromatic heterocycles. The van der Waals surface area contributed by atoms with Crippen molar-refractivity contribution >= 4 is 45.0 Å². The third kappa shape index (κ3) is 7.49. The largest absolute Gasteiger partial charge is 0.435 e. The number of carbonyl (C=O) groups excluding carboxylic acids is 2. The molecule has 0 atom stereocenters. The van der Waals surface area contributed by atoms with Gasteiger partial charge in [0.25, 0.3) is 5.91 Å². The fraction of sp³-hybridized carbons (Fsp3) is 0.310. The lowest BCUT2D eigenvalue weighted by molar-refractivity contribution is -0.0498. The van der Waals surface area contributed by atoms with Crippen LogP contribution in [0.15, 0.2) is 65.2 Å². The summed E-state index contributed by atoms with van der Waals surface area (Å²) in [5.41, 5.74) is 12.4. The highest BCUT2D eigenvalue weighted by molar-refractivity contribution is 7.89. The molecular weight excluding hydrogens is 632 g/mol. The Bertz CT molecular complexity index is 1770. The van der Waals surface area contributed by atoms with Crippen LogP contribution in [0.2, 0.25) is 5.15 Å². The highest BCUT2D eigenvalue weighted by Crippen LogP contribution is 2.35. The molecule has 0 bridgehead atoms. The quantitative estimate of drug-likeness (QED) is 0.196. The number of benzene rings is 2. The Kier molecular flexibility index (Phi) is 9.23. The molecule has 6 N–H and O–H groups in total. The number of nitrogens with two attached hydrogens (primary N) is 2. The number of allylic oxidation sites excluding steroid dienone is 2. The number of hydrogen-bond acceptors (Lipinski definition) is 10. The first-order valence-electron chi connectivity index (χ1n) is 13.9. The second-order valence-electron chi connectivity index (χ2n) is 10.7. The zero-order valence-electron chi connectivity index (χ0n) is 23.8. The molecule has 238 valence electrons. The number of nitrogens with zero attached hydrogens (tertiary/aromatic N) is 3. The number of rotatable bonds is 9. The van der Waals surface area contributed by atoms with Gasteiger partial charge in [-0.1, -0.05) is 29.8 Å². The number of anilines is 2. The first-order chi connectivity index (χ1) is 21.3. The minimum Gasteiger partial charge on any atom is -0.435 e. The Morgan fingerprint density at radius 2 is 1.82 bits per heavy atom. The van der Waals surface area contributed by atoms with Crippen LogP contribution in [0.5, 0.6) is 5.75 Å². The minimum atomic E-state index is -4.03. The van der Waals surface area contributed by atoms with E-state index >= 15 is 0 Å². The van der Waals surface area contributed by atoms with Gasteiger partial charge < -0.3 is 26.4 Å². The van der Waals surface area contributed by atoms with Crippen molar-refractivity contribution in [2.45, 2.75) is 49.3 Å². The number of hydrogen-bond donors (Lipinski definition) is 4. The molecule has 0 radical (unpaired) electrons. The van der Waals surface area contributed by atoms with Gasteiger partial charge in [0, 0.05) is 42.5 Å².